The summed E-state index contributed by atoms with van der Waals surface area (Å²) in [6, 6.07) is 9.23. The van der Waals surface area contributed by atoms with E-state index in [0.29, 0.717) is 13.0 Å². The predicted octanol–water partition coefficient (Wildman–Crippen LogP) is 3.42. The Balaban J connectivity index is 2.26. The molecule has 3 atom stereocenters. The average Bonchev–Trinajstić information content (AvgIpc) is 2.38. The molecule has 0 radical (unpaired) electrons. The number of likely N-dealkylation sites (tertiary alicyclic amines) is 1. The van der Waals surface area contributed by atoms with E-state index < -0.39 is 17.9 Å². The van der Waals surface area contributed by atoms with E-state index in [2.05, 4.69) is 0 Å². The number of nitrogens with zero attached hydrogens (tertiary/aromatic N) is 1. The second-order valence-corrected chi connectivity index (χ2v) is 7.19. The summed E-state index contributed by atoms with van der Waals surface area (Å²) in [6.45, 7) is 0.527. The standard InChI is InChI=1S/C13H15F3NPS2/c14-13(15,16)10-7-4-8-17(12(19)20)11(10)18-9-5-2-1-3-6-9/h1-3,5-6,10-11,18H,4,7-8H2,(H,19,20)/p-1. The molecule has 1 aromatic carbocycles. The Morgan fingerprint density at radius 2 is 1.95 bits per heavy atom. The van der Waals surface area contributed by atoms with Crippen molar-refractivity contribution >= 4 is 43.1 Å². The molecule has 110 valence electrons. The van der Waals surface area contributed by atoms with E-state index in [1.165, 1.54) is 0 Å². The normalized spacial score (nSPS) is 24.2. The number of alkyl halides is 3. The predicted molar refractivity (Wildman–Crippen MR) is 83.6 cm³/mol. The van der Waals surface area contributed by atoms with Crippen LogP contribution < -0.4 is 5.30 Å². The lowest BCUT2D eigenvalue weighted by Crippen LogP contribution is -2.50. The van der Waals surface area contributed by atoms with Crippen molar-refractivity contribution in [2.75, 3.05) is 6.54 Å². The van der Waals surface area contributed by atoms with E-state index in [0.717, 1.165) is 5.30 Å². The first-order valence-corrected chi connectivity index (χ1v) is 8.15. The fourth-order valence-corrected chi connectivity index (χ4v) is 4.72. The second-order valence-electron chi connectivity index (χ2n) is 4.70. The van der Waals surface area contributed by atoms with Crippen molar-refractivity contribution in [3.63, 3.8) is 0 Å². The van der Waals surface area contributed by atoms with Crippen molar-refractivity contribution in [3.8, 4) is 0 Å². The quantitative estimate of drug-likeness (QED) is 0.463. The first-order chi connectivity index (χ1) is 9.39. The lowest BCUT2D eigenvalue weighted by atomic mass is 9.97. The van der Waals surface area contributed by atoms with E-state index in [9.17, 15) is 13.2 Å². The number of piperidine rings is 1. The molecule has 1 nitrogen and oxygen atoms in total. The molecule has 1 aromatic rings. The third-order valence-corrected chi connectivity index (χ3v) is 5.52. The Labute approximate surface area is 129 Å². The van der Waals surface area contributed by atoms with Crippen LogP contribution in [0.1, 0.15) is 12.8 Å². The van der Waals surface area contributed by atoms with Crippen LogP contribution in [0.5, 0.6) is 0 Å². The Morgan fingerprint density at radius 3 is 2.50 bits per heavy atom. The zero-order valence-electron chi connectivity index (χ0n) is 10.6. The van der Waals surface area contributed by atoms with E-state index in [1.807, 2.05) is 30.3 Å². The van der Waals surface area contributed by atoms with Crippen LogP contribution in [0.4, 0.5) is 13.2 Å². The van der Waals surface area contributed by atoms with Gasteiger partial charge in [-0.25, -0.2) is 0 Å². The van der Waals surface area contributed by atoms with Gasteiger partial charge in [-0.15, -0.1) is 0 Å². The Kier molecular flexibility index (Phi) is 5.21. The summed E-state index contributed by atoms with van der Waals surface area (Å²) in [7, 11) is 0.0324. The molecule has 0 amide bonds. The van der Waals surface area contributed by atoms with Crippen molar-refractivity contribution in [2.45, 2.75) is 24.8 Å². The van der Waals surface area contributed by atoms with Gasteiger partial charge in [0.05, 0.1) is 11.7 Å². The summed E-state index contributed by atoms with van der Waals surface area (Å²) in [5.74, 6) is -2.01. The Hall–Kier alpha value is -0.450. The van der Waals surface area contributed by atoms with Crippen LogP contribution in [-0.2, 0) is 12.6 Å². The highest BCUT2D eigenvalue weighted by Gasteiger charge is 2.47. The fraction of sp³-hybridized carbons (Fsp3) is 0.462. The first-order valence-electron chi connectivity index (χ1n) is 6.25. The molecule has 0 saturated carbocycles. The van der Waals surface area contributed by atoms with Gasteiger partial charge < -0.3 is 29.7 Å². The minimum absolute atomic E-state index is 0.0324. The van der Waals surface area contributed by atoms with Gasteiger partial charge in [0.25, 0.3) is 0 Å². The smallest absolute Gasteiger partial charge is 0.394 e. The van der Waals surface area contributed by atoms with E-state index in [-0.39, 0.29) is 19.3 Å². The maximum absolute atomic E-state index is 13.2. The lowest BCUT2D eigenvalue weighted by Gasteiger charge is -2.45. The van der Waals surface area contributed by atoms with Crippen LogP contribution in [-0.4, -0.2) is 27.7 Å². The third-order valence-electron chi connectivity index (χ3n) is 3.37. The van der Waals surface area contributed by atoms with Crippen molar-refractivity contribution in [1.29, 1.82) is 0 Å². The molecule has 7 heteroatoms. The van der Waals surface area contributed by atoms with Gasteiger partial charge in [0.1, 0.15) is 0 Å². The van der Waals surface area contributed by atoms with Crippen LogP contribution in [0, 0.1) is 5.92 Å². The number of rotatable bonds is 2. The molecule has 0 bridgehead atoms. The number of hydrogen-bond donors (Lipinski definition) is 0. The van der Waals surface area contributed by atoms with Crippen molar-refractivity contribution in [1.82, 2.24) is 4.90 Å². The summed E-state index contributed by atoms with van der Waals surface area (Å²) >= 11 is 9.92. The SMILES string of the molecule is FC(F)(F)C1CCCN(C(=S)[S-])C1Pc1ccccc1. The summed E-state index contributed by atoms with van der Waals surface area (Å²) in [6.07, 6.45) is -3.57. The minimum atomic E-state index is -4.20. The number of benzene rings is 1. The molecule has 1 heterocycles. The highest BCUT2D eigenvalue weighted by molar-refractivity contribution is 8.00. The van der Waals surface area contributed by atoms with Crippen LogP contribution in [0.25, 0.3) is 0 Å². The number of halogens is 3. The van der Waals surface area contributed by atoms with Gasteiger partial charge in [-0.2, -0.15) is 13.2 Å². The molecule has 20 heavy (non-hydrogen) atoms. The zero-order chi connectivity index (χ0) is 14.8. The molecule has 1 aliphatic rings. The lowest BCUT2D eigenvalue weighted by molar-refractivity contribution is -0.187. The van der Waals surface area contributed by atoms with E-state index in [4.69, 9.17) is 24.8 Å². The monoisotopic (exact) mass is 336 g/mol. The van der Waals surface area contributed by atoms with Gasteiger partial charge >= 0.3 is 6.18 Å². The molecular formula is C13H14F3NPS2-. The minimum Gasteiger partial charge on any atom is -0.411 e. The Bertz CT molecular complexity index is 466. The van der Waals surface area contributed by atoms with Gasteiger partial charge in [-0.05, 0) is 18.1 Å². The Morgan fingerprint density at radius 1 is 1.30 bits per heavy atom. The zero-order valence-corrected chi connectivity index (χ0v) is 13.2. The molecule has 0 aliphatic carbocycles. The molecule has 0 N–H and O–H groups in total. The molecule has 0 spiro atoms. The molecule has 1 aliphatic heterocycles. The number of thiocarbonyl (C=S) groups is 1. The highest BCUT2D eigenvalue weighted by atomic mass is 32.1. The second kappa shape index (κ2) is 6.54. The fourth-order valence-electron chi connectivity index (χ4n) is 2.43. The first kappa shape index (κ1) is 15.9. The molecule has 1 saturated heterocycles. The van der Waals surface area contributed by atoms with E-state index >= 15 is 0 Å². The number of hydrogen-bond acceptors (Lipinski definition) is 2. The van der Waals surface area contributed by atoms with Gasteiger partial charge in [-0.3, -0.25) is 0 Å². The third kappa shape index (κ3) is 3.80. The maximum Gasteiger partial charge on any atom is 0.394 e. The van der Waals surface area contributed by atoms with Gasteiger partial charge in [0.2, 0.25) is 0 Å². The highest BCUT2D eigenvalue weighted by Crippen LogP contribution is 2.44. The topological polar surface area (TPSA) is 3.24 Å². The van der Waals surface area contributed by atoms with Crippen LogP contribution in [0.2, 0.25) is 0 Å². The van der Waals surface area contributed by atoms with Crippen molar-refractivity contribution in [2.24, 2.45) is 5.92 Å². The summed E-state index contributed by atoms with van der Waals surface area (Å²) < 4.78 is 39.8. The van der Waals surface area contributed by atoms with Crippen molar-refractivity contribution in [3.05, 3.63) is 30.3 Å². The molecule has 3 unspecified atom stereocenters. The van der Waals surface area contributed by atoms with Gasteiger partial charge in [-0.1, -0.05) is 43.2 Å². The van der Waals surface area contributed by atoms with Gasteiger partial charge in [0.15, 0.2) is 0 Å². The summed E-state index contributed by atoms with van der Waals surface area (Å²) in [5.41, 5.74) is 0. The summed E-state index contributed by atoms with van der Waals surface area (Å²) in [5, 5.41) is 0.907. The average molecular weight is 336 g/mol. The summed E-state index contributed by atoms with van der Waals surface area (Å²) in [4.78, 5) is 1.58. The largest absolute Gasteiger partial charge is 0.411 e. The van der Waals surface area contributed by atoms with Crippen LogP contribution in [0.3, 0.4) is 0 Å². The molecule has 2 rings (SSSR count). The molecular weight excluding hydrogens is 322 g/mol. The van der Waals surface area contributed by atoms with Crippen LogP contribution in [0.15, 0.2) is 30.3 Å². The molecule has 0 aromatic heterocycles. The van der Waals surface area contributed by atoms with Crippen LogP contribution >= 0.6 is 20.8 Å². The van der Waals surface area contributed by atoms with Gasteiger partial charge in [0, 0.05) is 6.54 Å². The maximum atomic E-state index is 13.2. The molecule has 1 fully saturated rings. The van der Waals surface area contributed by atoms with E-state index in [1.54, 1.807) is 4.90 Å². The van der Waals surface area contributed by atoms with Crippen molar-refractivity contribution < 1.29 is 13.2 Å².